The molecule has 2 aromatic rings. The van der Waals surface area contributed by atoms with E-state index in [1.807, 2.05) is 30.3 Å². The Balaban J connectivity index is 1.44. The molecule has 0 amide bonds. The number of nitrogens with two attached hydrogens (primary N) is 1. The van der Waals surface area contributed by atoms with Gasteiger partial charge in [0.25, 0.3) is 0 Å². The van der Waals surface area contributed by atoms with Crippen LogP contribution in [0.25, 0.3) is 0 Å². The zero-order chi connectivity index (χ0) is 20.1. The molecule has 0 bridgehead atoms. The number of hydrogen-bond acceptors (Lipinski definition) is 5. The molecule has 0 aromatic heterocycles. The highest BCUT2D eigenvalue weighted by Crippen LogP contribution is 2.37. The van der Waals surface area contributed by atoms with Gasteiger partial charge in [0.05, 0.1) is 6.61 Å². The van der Waals surface area contributed by atoms with Crippen LogP contribution in [-0.4, -0.2) is 37.9 Å². The summed E-state index contributed by atoms with van der Waals surface area (Å²) >= 11 is 0. The van der Waals surface area contributed by atoms with E-state index >= 15 is 0 Å². The lowest BCUT2D eigenvalue weighted by Crippen LogP contribution is -2.42. The highest BCUT2D eigenvalue weighted by Gasteiger charge is 2.31. The Labute approximate surface area is 173 Å². The zero-order valence-corrected chi connectivity index (χ0v) is 17.3. The second-order valence-corrected chi connectivity index (χ2v) is 8.16. The summed E-state index contributed by atoms with van der Waals surface area (Å²) in [7, 11) is 0. The number of nitrogens with zero attached hydrogens (tertiary/aromatic N) is 1. The maximum Gasteiger partial charge on any atom is 0.231 e. The van der Waals surface area contributed by atoms with Gasteiger partial charge in [-0.3, -0.25) is 0 Å². The molecule has 0 radical (unpaired) electrons. The summed E-state index contributed by atoms with van der Waals surface area (Å²) in [5, 5.41) is 0. The number of fused-ring (bicyclic) bond motifs is 1. The largest absolute Gasteiger partial charge is 0.493 e. The Hall–Kier alpha value is -2.40. The van der Waals surface area contributed by atoms with E-state index in [4.69, 9.17) is 19.9 Å². The highest BCUT2D eigenvalue weighted by molar-refractivity contribution is 5.47. The van der Waals surface area contributed by atoms with Gasteiger partial charge in [0.2, 0.25) is 6.79 Å². The van der Waals surface area contributed by atoms with Gasteiger partial charge >= 0.3 is 0 Å². The predicted molar refractivity (Wildman–Crippen MR) is 116 cm³/mol. The monoisotopic (exact) mass is 396 g/mol. The van der Waals surface area contributed by atoms with Crippen molar-refractivity contribution in [2.75, 3.05) is 38.8 Å². The van der Waals surface area contributed by atoms with Crippen LogP contribution in [0, 0.1) is 5.92 Å². The lowest BCUT2D eigenvalue weighted by molar-refractivity contribution is 0.109. The van der Waals surface area contributed by atoms with Crippen LogP contribution in [0.1, 0.15) is 44.1 Å². The number of likely N-dealkylation sites (tertiary alicyclic amines) is 1. The van der Waals surface area contributed by atoms with Crippen molar-refractivity contribution >= 4 is 5.69 Å². The number of ether oxygens (including phenoxy) is 3. The zero-order valence-electron chi connectivity index (χ0n) is 17.3. The van der Waals surface area contributed by atoms with Crippen molar-refractivity contribution in [1.29, 1.82) is 0 Å². The van der Waals surface area contributed by atoms with E-state index in [0.717, 1.165) is 42.4 Å². The summed E-state index contributed by atoms with van der Waals surface area (Å²) in [4.78, 5) is 2.61. The van der Waals surface area contributed by atoms with Gasteiger partial charge in [-0.1, -0.05) is 31.9 Å². The first-order valence-corrected chi connectivity index (χ1v) is 10.8. The Morgan fingerprint density at radius 3 is 2.72 bits per heavy atom. The molecule has 2 aliphatic heterocycles. The fourth-order valence-corrected chi connectivity index (χ4v) is 4.42. The van der Waals surface area contributed by atoms with Crippen LogP contribution in [0.15, 0.2) is 42.5 Å². The topological polar surface area (TPSA) is 57.0 Å². The van der Waals surface area contributed by atoms with Crippen LogP contribution < -0.4 is 19.9 Å². The minimum absolute atomic E-state index is 0.285. The molecule has 156 valence electrons. The molecule has 0 spiro atoms. The fraction of sp³-hybridized carbons (Fsp3) is 0.500. The smallest absolute Gasteiger partial charge is 0.231 e. The van der Waals surface area contributed by atoms with Crippen molar-refractivity contribution in [3.8, 4) is 17.2 Å². The molecule has 0 aliphatic carbocycles. The molecule has 5 nitrogen and oxygen atoms in total. The summed E-state index contributed by atoms with van der Waals surface area (Å²) in [5.74, 6) is 3.33. The average Bonchev–Trinajstić information content (AvgIpc) is 3.21. The van der Waals surface area contributed by atoms with E-state index < -0.39 is 0 Å². The molecular formula is C24H32N2O3. The Bertz CT molecular complexity index is 793. The molecule has 0 unspecified atom stereocenters. The van der Waals surface area contributed by atoms with Crippen molar-refractivity contribution in [2.45, 2.75) is 38.5 Å². The van der Waals surface area contributed by atoms with Gasteiger partial charge in [-0.25, -0.2) is 0 Å². The standard InChI is InChI=1S/C24H32N2O3/c1-2-3-4-12-26-13-11-22(18-5-7-20(25)8-6-18)19(15-26)16-27-21-9-10-23-24(14-21)29-17-28-23/h5-10,14,19,22H,2-4,11-13,15-17,25H2,1H3/t19-,22-/m1/s1. The Kier molecular flexibility index (Phi) is 6.45. The predicted octanol–water partition coefficient (Wildman–Crippen LogP) is 4.67. The van der Waals surface area contributed by atoms with Crippen LogP contribution in [0.3, 0.4) is 0 Å². The summed E-state index contributed by atoms with van der Waals surface area (Å²) in [6.07, 6.45) is 5.00. The minimum atomic E-state index is 0.285. The minimum Gasteiger partial charge on any atom is -0.493 e. The lowest BCUT2D eigenvalue weighted by atomic mass is 9.80. The summed E-state index contributed by atoms with van der Waals surface area (Å²) < 4.78 is 17.1. The average molecular weight is 397 g/mol. The molecular weight excluding hydrogens is 364 g/mol. The van der Waals surface area contributed by atoms with Crippen molar-refractivity contribution in [3.05, 3.63) is 48.0 Å². The molecule has 29 heavy (non-hydrogen) atoms. The first kappa shape index (κ1) is 19.9. The first-order valence-electron chi connectivity index (χ1n) is 10.8. The summed E-state index contributed by atoms with van der Waals surface area (Å²) in [6, 6.07) is 14.2. The maximum atomic E-state index is 6.23. The van der Waals surface area contributed by atoms with Crippen LogP contribution in [-0.2, 0) is 0 Å². The van der Waals surface area contributed by atoms with Gasteiger partial charge in [0.1, 0.15) is 5.75 Å². The second-order valence-electron chi connectivity index (χ2n) is 8.16. The van der Waals surface area contributed by atoms with Gasteiger partial charge in [0, 0.05) is 24.2 Å². The van der Waals surface area contributed by atoms with Gasteiger partial charge in [-0.05, 0) is 61.7 Å². The normalized spacial score (nSPS) is 21.3. The molecule has 2 aliphatic rings. The number of anilines is 1. The van der Waals surface area contributed by atoms with E-state index in [1.54, 1.807) is 0 Å². The van der Waals surface area contributed by atoms with Crippen molar-refractivity contribution < 1.29 is 14.2 Å². The molecule has 1 fully saturated rings. The third-order valence-electron chi connectivity index (χ3n) is 6.07. The molecule has 2 aromatic carbocycles. The van der Waals surface area contributed by atoms with Crippen molar-refractivity contribution in [3.63, 3.8) is 0 Å². The van der Waals surface area contributed by atoms with E-state index in [0.29, 0.717) is 18.4 Å². The maximum absolute atomic E-state index is 6.23. The van der Waals surface area contributed by atoms with Crippen molar-refractivity contribution in [1.82, 2.24) is 4.90 Å². The molecule has 2 heterocycles. The second kappa shape index (κ2) is 9.40. The highest BCUT2D eigenvalue weighted by atomic mass is 16.7. The van der Waals surface area contributed by atoms with Crippen molar-refractivity contribution in [2.24, 2.45) is 5.92 Å². The molecule has 0 saturated carbocycles. The Morgan fingerprint density at radius 2 is 1.90 bits per heavy atom. The first-order chi connectivity index (χ1) is 14.2. The van der Waals surface area contributed by atoms with Gasteiger partial charge in [-0.2, -0.15) is 0 Å². The number of piperidine rings is 1. The molecule has 4 rings (SSSR count). The number of nitrogen functional groups attached to an aromatic ring is 1. The van der Waals surface area contributed by atoms with E-state index in [1.165, 1.54) is 31.4 Å². The lowest BCUT2D eigenvalue weighted by Gasteiger charge is -2.39. The van der Waals surface area contributed by atoms with Crippen LogP contribution in [0.5, 0.6) is 17.2 Å². The quantitative estimate of drug-likeness (QED) is 0.519. The number of unbranched alkanes of at least 4 members (excludes halogenated alkanes) is 2. The molecule has 1 saturated heterocycles. The molecule has 2 N–H and O–H groups in total. The van der Waals surface area contributed by atoms with Crippen LogP contribution in [0.2, 0.25) is 0 Å². The number of benzene rings is 2. The van der Waals surface area contributed by atoms with E-state index in [2.05, 4.69) is 24.0 Å². The van der Waals surface area contributed by atoms with Gasteiger partial charge in [0.15, 0.2) is 11.5 Å². The van der Waals surface area contributed by atoms with Crippen LogP contribution >= 0.6 is 0 Å². The van der Waals surface area contributed by atoms with Gasteiger partial charge < -0.3 is 24.8 Å². The third kappa shape index (κ3) is 4.96. The van der Waals surface area contributed by atoms with Crippen LogP contribution in [0.4, 0.5) is 5.69 Å². The molecule has 2 atom stereocenters. The Morgan fingerprint density at radius 1 is 1.07 bits per heavy atom. The van der Waals surface area contributed by atoms with Gasteiger partial charge in [-0.15, -0.1) is 0 Å². The summed E-state index contributed by atoms with van der Waals surface area (Å²) in [5.41, 5.74) is 8.09. The summed E-state index contributed by atoms with van der Waals surface area (Å²) in [6.45, 7) is 6.65. The molecule has 5 heteroatoms. The third-order valence-corrected chi connectivity index (χ3v) is 6.07. The van der Waals surface area contributed by atoms with E-state index in [9.17, 15) is 0 Å². The fourth-order valence-electron chi connectivity index (χ4n) is 4.42. The number of hydrogen-bond donors (Lipinski definition) is 1. The number of rotatable bonds is 8. The van der Waals surface area contributed by atoms with E-state index in [-0.39, 0.29) is 6.79 Å². The SMILES string of the molecule is CCCCCN1CC[C@H](c2ccc(N)cc2)[C@@H](COc2ccc3c(c2)OCO3)C1.